The largest absolute Gasteiger partial charge is 0.377 e. The van der Waals surface area contributed by atoms with Gasteiger partial charge in [0.05, 0.1) is 24.8 Å². The molecule has 2 rings (SSSR count). The molecule has 4 heteroatoms. The van der Waals surface area contributed by atoms with E-state index in [4.69, 9.17) is 4.74 Å². The number of morpholine rings is 1. The van der Waals surface area contributed by atoms with Gasteiger partial charge in [0.25, 0.3) is 0 Å². The van der Waals surface area contributed by atoms with E-state index in [1.54, 1.807) is 0 Å². The average Bonchev–Trinajstić information content (AvgIpc) is 2.78. The summed E-state index contributed by atoms with van der Waals surface area (Å²) in [5, 5.41) is 3.41. The van der Waals surface area contributed by atoms with E-state index in [0.717, 1.165) is 32.4 Å². The number of amides is 1. The molecule has 0 aromatic heterocycles. The van der Waals surface area contributed by atoms with E-state index in [9.17, 15) is 4.79 Å². The molecule has 2 unspecified atom stereocenters. The molecule has 0 aromatic rings. The van der Waals surface area contributed by atoms with Gasteiger partial charge in [0.15, 0.2) is 0 Å². The van der Waals surface area contributed by atoms with E-state index in [2.05, 4.69) is 19.2 Å². The molecule has 4 nitrogen and oxygen atoms in total. The Balaban J connectivity index is 2.10. The van der Waals surface area contributed by atoms with Gasteiger partial charge in [-0.15, -0.1) is 0 Å². The second-order valence-corrected chi connectivity index (χ2v) is 4.89. The summed E-state index contributed by atoms with van der Waals surface area (Å²) in [6.07, 6.45) is 2.97. The maximum absolute atomic E-state index is 12.6. The Bertz CT molecular complexity index is 262. The molecule has 1 N–H and O–H groups in total. The van der Waals surface area contributed by atoms with Crippen LogP contribution >= 0.6 is 0 Å². The fraction of sp³-hybridized carbons (Fsp3) is 0.917. The molecule has 2 aliphatic rings. The third kappa shape index (κ3) is 1.96. The lowest BCUT2D eigenvalue weighted by molar-refractivity contribution is -0.146. The highest BCUT2D eigenvalue weighted by molar-refractivity contribution is 5.87. The zero-order valence-electron chi connectivity index (χ0n) is 10.3. The lowest BCUT2D eigenvalue weighted by Crippen LogP contribution is -2.59. The minimum atomic E-state index is -0.286. The van der Waals surface area contributed by atoms with Crippen molar-refractivity contribution in [3.8, 4) is 0 Å². The standard InChI is InChI=1S/C12H22N2O2/c1-3-12(5-4-6-13-12)11(15)14-7-8-16-9-10(14)2/h10,13H,3-9H2,1-2H3. The smallest absolute Gasteiger partial charge is 0.243 e. The van der Waals surface area contributed by atoms with Crippen molar-refractivity contribution in [3.63, 3.8) is 0 Å². The fourth-order valence-corrected chi connectivity index (χ4v) is 2.75. The summed E-state index contributed by atoms with van der Waals surface area (Å²) in [4.78, 5) is 14.6. The second-order valence-electron chi connectivity index (χ2n) is 4.89. The van der Waals surface area contributed by atoms with Crippen molar-refractivity contribution in [1.82, 2.24) is 10.2 Å². The van der Waals surface area contributed by atoms with Crippen LogP contribution in [0.4, 0.5) is 0 Å². The van der Waals surface area contributed by atoms with Gasteiger partial charge >= 0.3 is 0 Å². The van der Waals surface area contributed by atoms with Crippen molar-refractivity contribution in [1.29, 1.82) is 0 Å². The molecular weight excluding hydrogens is 204 g/mol. The molecule has 0 aliphatic carbocycles. The minimum absolute atomic E-state index is 0.215. The normalized spacial score (nSPS) is 35.4. The first-order chi connectivity index (χ1) is 7.69. The summed E-state index contributed by atoms with van der Waals surface area (Å²) in [6, 6.07) is 0.215. The monoisotopic (exact) mass is 226 g/mol. The highest BCUT2D eigenvalue weighted by Gasteiger charge is 2.43. The average molecular weight is 226 g/mol. The van der Waals surface area contributed by atoms with Crippen LogP contribution in [0.25, 0.3) is 0 Å². The van der Waals surface area contributed by atoms with Crippen molar-refractivity contribution in [3.05, 3.63) is 0 Å². The van der Waals surface area contributed by atoms with Gasteiger partial charge in [-0.3, -0.25) is 4.79 Å². The predicted molar refractivity (Wildman–Crippen MR) is 62.3 cm³/mol. The molecule has 0 bridgehead atoms. The quantitative estimate of drug-likeness (QED) is 0.756. The van der Waals surface area contributed by atoms with Gasteiger partial charge in [0.2, 0.25) is 5.91 Å². The molecule has 92 valence electrons. The minimum Gasteiger partial charge on any atom is -0.377 e. The fourth-order valence-electron chi connectivity index (χ4n) is 2.75. The molecular formula is C12H22N2O2. The van der Waals surface area contributed by atoms with Gasteiger partial charge in [-0.1, -0.05) is 6.92 Å². The van der Waals surface area contributed by atoms with Crippen molar-refractivity contribution in [2.75, 3.05) is 26.3 Å². The number of carbonyl (C=O) groups is 1. The van der Waals surface area contributed by atoms with Crippen molar-refractivity contribution in [2.24, 2.45) is 0 Å². The SMILES string of the molecule is CCC1(C(=O)N2CCOCC2C)CCCN1. The molecule has 2 atom stereocenters. The summed E-state index contributed by atoms with van der Waals surface area (Å²) in [7, 11) is 0. The number of hydrogen-bond donors (Lipinski definition) is 1. The van der Waals surface area contributed by atoms with Crippen molar-refractivity contribution < 1.29 is 9.53 Å². The van der Waals surface area contributed by atoms with Gasteiger partial charge in [0, 0.05) is 6.54 Å². The molecule has 2 fully saturated rings. The van der Waals surface area contributed by atoms with Gasteiger partial charge < -0.3 is 15.0 Å². The second kappa shape index (κ2) is 4.72. The van der Waals surface area contributed by atoms with Crippen LogP contribution in [0.3, 0.4) is 0 Å². The summed E-state index contributed by atoms with van der Waals surface area (Å²) >= 11 is 0. The van der Waals surface area contributed by atoms with E-state index < -0.39 is 0 Å². The van der Waals surface area contributed by atoms with Crippen LogP contribution in [0.2, 0.25) is 0 Å². The van der Waals surface area contributed by atoms with Gasteiger partial charge in [0.1, 0.15) is 0 Å². The Morgan fingerprint density at radius 3 is 3.00 bits per heavy atom. The summed E-state index contributed by atoms with van der Waals surface area (Å²) in [5.74, 6) is 0.281. The maximum Gasteiger partial charge on any atom is 0.243 e. The van der Waals surface area contributed by atoms with E-state index in [1.807, 2.05) is 4.90 Å². The van der Waals surface area contributed by atoms with Crippen LogP contribution in [0.1, 0.15) is 33.1 Å². The Morgan fingerprint density at radius 1 is 1.62 bits per heavy atom. The zero-order valence-corrected chi connectivity index (χ0v) is 10.3. The molecule has 2 heterocycles. The lowest BCUT2D eigenvalue weighted by atomic mass is 9.91. The van der Waals surface area contributed by atoms with Crippen LogP contribution in [-0.2, 0) is 9.53 Å². The van der Waals surface area contributed by atoms with Gasteiger partial charge in [-0.05, 0) is 32.7 Å². The van der Waals surface area contributed by atoms with E-state index in [-0.39, 0.29) is 17.5 Å². The summed E-state index contributed by atoms with van der Waals surface area (Å²) < 4.78 is 5.38. The number of rotatable bonds is 2. The van der Waals surface area contributed by atoms with Crippen LogP contribution < -0.4 is 5.32 Å². The highest BCUT2D eigenvalue weighted by atomic mass is 16.5. The molecule has 0 saturated carbocycles. The van der Waals surface area contributed by atoms with E-state index in [0.29, 0.717) is 13.2 Å². The van der Waals surface area contributed by atoms with Gasteiger partial charge in [-0.2, -0.15) is 0 Å². The maximum atomic E-state index is 12.6. The number of ether oxygens (including phenoxy) is 1. The Hall–Kier alpha value is -0.610. The number of hydrogen-bond acceptors (Lipinski definition) is 3. The number of carbonyl (C=O) groups excluding carboxylic acids is 1. The van der Waals surface area contributed by atoms with E-state index >= 15 is 0 Å². The molecule has 16 heavy (non-hydrogen) atoms. The first kappa shape index (κ1) is 11.9. The van der Waals surface area contributed by atoms with Crippen LogP contribution in [0.15, 0.2) is 0 Å². The topological polar surface area (TPSA) is 41.6 Å². The van der Waals surface area contributed by atoms with E-state index in [1.165, 1.54) is 0 Å². The highest BCUT2D eigenvalue weighted by Crippen LogP contribution is 2.26. The van der Waals surface area contributed by atoms with Crippen LogP contribution in [0, 0.1) is 0 Å². The van der Waals surface area contributed by atoms with Crippen LogP contribution in [-0.4, -0.2) is 48.7 Å². The van der Waals surface area contributed by atoms with Gasteiger partial charge in [-0.25, -0.2) is 0 Å². The molecule has 2 saturated heterocycles. The zero-order chi connectivity index (χ0) is 11.6. The molecule has 2 aliphatic heterocycles. The summed E-state index contributed by atoms with van der Waals surface area (Å²) in [6.45, 7) is 7.22. The lowest BCUT2D eigenvalue weighted by Gasteiger charge is -2.39. The van der Waals surface area contributed by atoms with Crippen molar-refractivity contribution >= 4 is 5.91 Å². The summed E-state index contributed by atoms with van der Waals surface area (Å²) in [5.41, 5.74) is -0.286. The Kier molecular flexibility index (Phi) is 3.50. The molecule has 0 spiro atoms. The first-order valence-corrected chi connectivity index (χ1v) is 6.33. The van der Waals surface area contributed by atoms with Crippen LogP contribution in [0.5, 0.6) is 0 Å². The first-order valence-electron chi connectivity index (χ1n) is 6.33. The molecule has 0 radical (unpaired) electrons. The Labute approximate surface area is 97.3 Å². The van der Waals surface area contributed by atoms with Crippen molar-refractivity contribution in [2.45, 2.75) is 44.7 Å². The molecule has 0 aromatic carbocycles. The number of nitrogens with one attached hydrogen (secondary N) is 1. The predicted octanol–water partition coefficient (Wildman–Crippen LogP) is 0.766. The third-order valence-corrected chi connectivity index (χ3v) is 3.89. The number of nitrogens with zero attached hydrogens (tertiary/aromatic N) is 1. The Morgan fingerprint density at radius 2 is 2.44 bits per heavy atom. The molecule has 1 amide bonds. The third-order valence-electron chi connectivity index (χ3n) is 3.89.